The van der Waals surface area contributed by atoms with Crippen LogP contribution in [0.4, 0.5) is 5.69 Å². The summed E-state index contributed by atoms with van der Waals surface area (Å²) in [5.74, 6) is 0.293. The van der Waals surface area contributed by atoms with Crippen molar-refractivity contribution in [2.24, 2.45) is 10.7 Å². The van der Waals surface area contributed by atoms with Gasteiger partial charge in [0.25, 0.3) is 5.91 Å². The lowest BCUT2D eigenvalue weighted by Crippen LogP contribution is -2.24. The molecule has 0 aliphatic rings. The number of carbonyl (C=O) groups excluding carboxylic acids is 1. The lowest BCUT2D eigenvalue weighted by molar-refractivity contribution is 0.0954. The molecule has 5 heteroatoms. The van der Waals surface area contributed by atoms with E-state index in [0.29, 0.717) is 23.6 Å². The van der Waals surface area contributed by atoms with Crippen molar-refractivity contribution in [3.8, 4) is 0 Å². The van der Waals surface area contributed by atoms with E-state index in [1.54, 1.807) is 24.3 Å². The van der Waals surface area contributed by atoms with Crippen molar-refractivity contribution in [3.63, 3.8) is 0 Å². The van der Waals surface area contributed by atoms with Gasteiger partial charge in [0.05, 0.1) is 17.1 Å². The van der Waals surface area contributed by atoms with E-state index in [-0.39, 0.29) is 11.8 Å². The van der Waals surface area contributed by atoms with Crippen molar-refractivity contribution < 1.29 is 4.79 Å². The van der Waals surface area contributed by atoms with Crippen LogP contribution in [0.15, 0.2) is 29.3 Å². The van der Waals surface area contributed by atoms with Crippen molar-refractivity contribution in [1.82, 2.24) is 5.32 Å². The quantitative estimate of drug-likeness (QED) is 0.479. The molecule has 1 amide bonds. The Labute approximate surface area is 106 Å². The minimum absolute atomic E-state index is 0.144. The third-order valence-corrected chi connectivity index (χ3v) is 2.36. The van der Waals surface area contributed by atoms with Gasteiger partial charge in [0, 0.05) is 6.54 Å². The number of carbonyl (C=O) groups is 1. The normalized spacial score (nSPS) is 11.3. The number of alkyl halides is 1. The molecule has 1 aromatic rings. The zero-order valence-corrected chi connectivity index (χ0v) is 10.5. The third-order valence-electron chi connectivity index (χ3n) is 2.09. The van der Waals surface area contributed by atoms with E-state index in [9.17, 15) is 4.79 Å². The van der Waals surface area contributed by atoms with Gasteiger partial charge in [-0.25, -0.2) is 4.99 Å². The lowest BCUT2D eigenvalue weighted by Gasteiger charge is -2.06. The molecule has 0 saturated heterocycles. The van der Waals surface area contributed by atoms with Gasteiger partial charge in [-0.15, -0.1) is 11.6 Å². The molecule has 0 aliphatic carbocycles. The SMILES string of the molecule is CCCNC(=O)c1ccccc1N=C(N)CCl. The standard InChI is InChI=1S/C12H16ClN3O/c1-2-7-15-12(17)9-5-3-4-6-10(9)16-11(14)8-13/h3-6H,2,7-8H2,1H3,(H2,14,16)(H,15,17). The van der Waals surface area contributed by atoms with Crippen LogP contribution in [0.2, 0.25) is 0 Å². The summed E-state index contributed by atoms with van der Waals surface area (Å²) < 4.78 is 0. The van der Waals surface area contributed by atoms with Gasteiger partial charge in [0.2, 0.25) is 0 Å². The summed E-state index contributed by atoms with van der Waals surface area (Å²) in [7, 11) is 0. The van der Waals surface area contributed by atoms with Crippen molar-refractivity contribution in [2.75, 3.05) is 12.4 Å². The summed E-state index contributed by atoms with van der Waals surface area (Å²) >= 11 is 5.56. The summed E-state index contributed by atoms with van der Waals surface area (Å²) in [5.41, 5.74) is 6.61. The van der Waals surface area contributed by atoms with Gasteiger partial charge in [0.1, 0.15) is 5.84 Å². The number of halogens is 1. The largest absolute Gasteiger partial charge is 0.386 e. The molecule has 0 heterocycles. The molecular weight excluding hydrogens is 238 g/mol. The highest BCUT2D eigenvalue weighted by Gasteiger charge is 2.09. The molecule has 0 saturated carbocycles. The Bertz CT molecular complexity index is 418. The second-order valence-corrected chi connectivity index (χ2v) is 3.78. The molecule has 0 unspecified atom stereocenters. The number of nitrogens with two attached hydrogens (primary N) is 1. The molecule has 0 spiro atoms. The Kier molecular flexibility index (Phi) is 5.49. The van der Waals surface area contributed by atoms with Crippen LogP contribution in [0, 0.1) is 0 Å². The summed E-state index contributed by atoms with van der Waals surface area (Å²) in [6, 6.07) is 7.04. The number of aliphatic imine (C=N–C) groups is 1. The second kappa shape index (κ2) is 6.91. The second-order valence-electron chi connectivity index (χ2n) is 3.51. The van der Waals surface area contributed by atoms with E-state index in [1.807, 2.05) is 6.92 Å². The molecular formula is C12H16ClN3O. The Morgan fingerprint density at radius 3 is 2.82 bits per heavy atom. The number of nitrogens with zero attached hydrogens (tertiary/aromatic N) is 1. The van der Waals surface area contributed by atoms with Gasteiger partial charge < -0.3 is 11.1 Å². The van der Waals surface area contributed by atoms with Gasteiger partial charge in [-0.05, 0) is 18.6 Å². The van der Waals surface area contributed by atoms with E-state index in [4.69, 9.17) is 17.3 Å². The van der Waals surface area contributed by atoms with Crippen LogP contribution in [-0.4, -0.2) is 24.2 Å². The maximum atomic E-state index is 11.8. The summed E-state index contributed by atoms with van der Waals surface area (Å²) in [6.45, 7) is 2.64. The van der Waals surface area contributed by atoms with E-state index in [1.165, 1.54) is 0 Å². The van der Waals surface area contributed by atoms with Crippen LogP contribution < -0.4 is 11.1 Å². The Morgan fingerprint density at radius 2 is 2.18 bits per heavy atom. The first-order chi connectivity index (χ1) is 8.19. The van der Waals surface area contributed by atoms with Gasteiger partial charge in [-0.1, -0.05) is 19.1 Å². The van der Waals surface area contributed by atoms with Crippen LogP contribution in [-0.2, 0) is 0 Å². The van der Waals surface area contributed by atoms with E-state index in [2.05, 4.69) is 10.3 Å². The number of hydrogen-bond acceptors (Lipinski definition) is 2. The predicted molar refractivity (Wildman–Crippen MR) is 71.1 cm³/mol. The first-order valence-electron chi connectivity index (χ1n) is 5.45. The lowest BCUT2D eigenvalue weighted by atomic mass is 10.1. The fourth-order valence-electron chi connectivity index (χ4n) is 1.28. The van der Waals surface area contributed by atoms with Gasteiger partial charge in [-0.3, -0.25) is 4.79 Å². The maximum absolute atomic E-state index is 11.8. The van der Waals surface area contributed by atoms with Crippen LogP contribution in [0.3, 0.4) is 0 Å². The monoisotopic (exact) mass is 253 g/mol. The zero-order valence-electron chi connectivity index (χ0n) is 9.74. The van der Waals surface area contributed by atoms with Gasteiger partial charge in [-0.2, -0.15) is 0 Å². The Balaban J connectivity index is 2.95. The number of para-hydroxylation sites is 1. The first-order valence-corrected chi connectivity index (χ1v) is 5.98. The third kappa shape index (κ3) is 4.07. The van der Waals surface area contributed by atoms with Crippen LogP contribution >= 0.6 is 11.6 Å². The summed E-state index contributed by atoms with van der Waals surface area (Å²) in [4.78, 5) is 15.9. The van der Waals surface area contributed by atoms with Crippen LogP contribution in [0.5, 0.6) is 0 Å². The van der Waals surface area contributed by atoms with Gasteiger partial charge in [0.15, 0.2) is 0 Å². The van der Waals surface area contributed by atoms with Crippen molar-refractivity contribution in [2.45, 2.75) is 13.3 Å². The highest BCUT2D eigenvalue weighted by molar-refractivity contribution is 6.28. The molecule has 1 rings (SSSR count). The molecule has 0 fully saturated rings. The van der Waals surface area contributed by atoms with E-state index < -0.39 is 0 Å². The zero-order chi connectivity index (χ0) is 12.7. The molecule has 0 atom stereocenters. The smallest absolute Gasteiger partial charge is 0.253 e. The topological polar surface area (TPSA) is 67.5 Å². The molecule has 17 heavy (non-hydrogen) atoms. The molecule has 0 aromatic heterocycles. The number of rotatable bonds is 5. The molecule has 92 valence electrons. The van der Waals surface area contributed by atoms with Gasteiger partial charge >= 0.3 is 0 Å². The maximum Gasteiger partial charge on any atom is 0.253 e. The summed E-state index contributed by atoms with van der Waals surface area (Å²) in [5, 5.41) is 2.80. The summed E-state index contributed by atoms with van der Waals surface area (Å²) in [6.07, 6.45) is 0.890. The minimum atomic E-state index is -0.145. The fraction of sp³-hybridized carbons (Fsp3) is 0.333. The molecule has 0 radical (unpaired) electrons. The predicted octanol–water partition coefficient (Wildman–Crippen LogP) is 2.05. The highest BCUT2D eigenvalue weighted by atomic mass is 35.5. The molecule has 0 aliphatic heterocycles. The number of amidine groups is 1. The Hall–Kier alpha value is -1.55. The average molecular weight is 254 g/mol. The number of benzene rings is 1. The molecule has 0 bridgehead atoms. The van der Waals surface area contributed by atoms with Crippen LogP contribution in [0.25, 0.3) is 0 Å². The first kappa shape index (κ1) is 13.5. The average Bonchev–Trinajstić information content (AvgIpc) is 2.36. The number of amides is 1. The van der Waals surface area contributed by atoms with Crippen molar-refractivity contribution in [1.29, 1.82) is 0 Å². The minimum Gasteiger partial charge on any atom is -0.386 e. The molecule has 1 aromatic carbocycles. The van der Waals surface area contributed by atoms with E-state index >= 15 is 0 Å². The van der Waals surface area contributed by atoms with Crippen molar-refractivity contribution >= 4 is 29.0 Å². The molecule has 4 nitrogen and oxygen atoms in total. The number of nitrogens with one attached hydrogen (secondary N) is 1. The molecule has 3 N–H and O–H groups in total. The fourth-order valence-corrected chi connectivity index (χ4v) is 1.34. The van der Waals surface area contributed by atoms with E-state index in [0.717, 1.165) is 6.42 Å². The van der Waals surface area contributed by atoms with Crippen molar-refractivity contribution in [3.05, 3.63) is 29.8 Å². The van der Waals surface area contributed by atoms with Crippen LogP contribution in [0.1, 0.15) is 23.7 Å². The Morgan fingerprint density at radius 1 is 1.47 bits per heavy atom. The highest BCUT2D eigenvalue weighted by Crippen LogP contribution is 2.18. The number of hydrogen-bond donors (Lipinski definition) is 2.